The van der Waals surface area contributed by atoms with Crippen LogP contribution < -0.4 is 10.7 Å². The molecule has 0 amide bonds. The molecule has 0 unspecified atom stereocenters. The van der Waals surface area contributed by atoms with Gasteiger partial charge in [-0.1, -0.05) is 0 Å². The Morgan fingerprint density at radius 3 is 1.26 bits per heavy atom. The van der Waals surface area contributed by atoms with Crippen molar-refractivity contribution < 1.29 is 0 Å². The molecule has 0 aliphatic carbocycles. The zero-order valence-electron chi connectivity index (χ0n) is 13.5. The van der Waals surface area contributed by atoms with Gasteiger partial charge in [-0.05, 0) is 0 Å². The summed E-state index contributed by atoms with van der Waals surface area (Å²) in [6.07, 6.45) is 4.56. The summed E-state index contributed by atoms with van der Waals surface area (Å²) in [6, 6.07) is 33.4. The predicted molar refractivity (Wildman–Crippen MR) is 104 cm³/mol. The van der Waals surface area contributed by atoms with Gasteiger partial charge in [0.25, 0.3) is 0 Å². The van der Waals surface area contributed by atoms with Crippen LogP contribution in [0.1, 0.15) is 6.92 Å². The molecular weight excluding hydrogens is 383 g/mol. The molecule has 0 saturated heterocycles. The molecule has 0 heterocycles. The van der Waals surface area contributed by atoms with Gasteiger partial charge in [-0.15, -0.1) is 0 Å². The summed E-state index contributed by atoms with van der Waals surface area (Å²) in [5, 5.41) is 0. The SMILES string of the molecule is C/C=C\[CH2][Sn]([c]1ccccc1)([c]1ccccc1)[c]1ccccc1. The normalized spacial score (nSPS) is 11.7. The minimum atomic E-state index is -2.99. The second kappa shape index (κ2) is 7.65. The predicted octanol–water partition coefficient (Wildman–Crippen LogP) is 3.73. The van der Waals surface area contributed by atoms with Crippen molar-refractivity contribution in [2.24, 2.45) is 0 Å². The molecule has 114 valence electrons. The molecule has 0 aliphatic rings. The molecule has 3 aromatic rings. The van der Waals surface area contributed by atoms with Gasteiger partial charge < -0.3 is 0 Å². The van der Waals surface area contributed by atoms with Gasteiger partial charge >= 0.3 is 144 Å². The van der Waals surface area contributed by atoms with Crippen LogP contribution in [0.2, 0.25) is 4.44 Å². The number of benzene rings is 3. The van der Waals surface area contributed by atoms with Crippen molar-refractivity contribution in [3.05, 3.63) is 103 Å². The molecule has 0 nitrogen and oxygen atoms in total. The maximum atomic E-state index is 2.36. The Labute approximate surface area is 143 Å². The third-order valence-electron chi connectivity index (χ3n) is 4.46. The van der Waals surface area contributed by atoms with Gasteiger partial charge in [0.15, 0.2) is 0 Å². The van der Waals surface area contributed by atoms with E-state index in [0.717, 1.165) is 4.44 Å². The van der Waals surface area contributed by atoms with Gasteiger partial charge in [0, 0.05) is 0 Å². The molecule has 0 spiro atoms. The maximum absolute atomic E-state index is 2.99. The van der Waals surface area contributed by atoms with E-state index in [2.05, 4.69) is 110 Å². The quantitative estimate of drug-likeness (QED) is 0.449. The van der Waals surface area contributed by atoms with E-state index in [1.54, 1.807) is 0 Å². The monoisotopic (exact) mass is 406 g/mol. The summed E-state index contributed by atoms with van der Waals surface area (Å²) in [5.41, 5.74) is 0. The molecule has 23 heavy (non-hydrogen) atoms. The van der Waals surface area contributed by atoms with Crippen LogP contribution >= 0.6 is 0 Å². The number of rotatable bonds is 5. The summed E-state index contributed by atoms with van der Waals surface area (Å²) in [5.74, 6) is 0. The average molecular weight is 405 g/mol. The van der Waals surface area contributed by atoms with E-state index in [-0.39, 0.29) is 0 Å². The molecule has 0 aromatic heterocycles. The molecule has 0 saturated carbocycles. The van der Waals surface area contributed by atoms with Crippen LogP contribution in [0.25, 0.3) is 0 Å². The third-order valence-corrected chi connectivity index (χ3v) is 18.2. The van der Waals surface area contributed by atoms with E-state index < -0.39 is 18.4 Å². The van der Waals surface area contributed by atoms with Crippen molar-refractivity contribution in [1.29, 1.82) is 0 Å². The van der Waals surface area contributed by atoms with Gasteiger partial charge in [-0.3, -0.25) is 0 Å². The van der Waals surface area contributed by atoms with E-state index in [1.165, 1.54) is 10.7 Å². The van der Waals surface area contributed by atoms with Gasteiger partial charge in [0.05, 0.1) is 0 Å². The molecule has 1 heteroatoms. The Balaban J connectivity index is 2.30. The summed E-state index contributed by atoms with van der Waals surface area (Å²) in [6.45, 7) is 2.12. The zero-order chi connectivity index (χ0) is 16.0. The summed E-state index contributed by atoms with van der Waals surface area (Å²) in [4.78, 5) is 0. The second-order valence-corrected chi connectivity index (χ2v) is 17.1. The van der Waals surface area contributed by atoms with Crippen LogP contribution in [-0.4, -0.2) is 18.4 Å². The first-order valence-electron chi connectivity index (χ1n) is 8.15. The number of hydrogen-bond donors (Lipinski definition) is 0. The van der Waals surface area contributed by atoms with Crippen LogP contribution in [0.15, 0.2) is 103 Å². The molecule has 3 rings (SSSR count). The van der Waals surface area contributed by atoms with Crippen LogP contribution in [0.5, 0.6) is 0 Å². The molecule has 0 aliphatic heterocycles. The third kappa shape index (κ3) is 3.27. The topological polar surface area (TPSA) is 0 Å². The number of allylic oxidation sites excluding steroid dienone is 2. The van der Waals surface area contributed by atoms with Gasteiger partial charge in [0.2, 0.25) is 0 Å². The molecule has 0 bridgehead atoms. The fourth-order valence-corrected chi connectivity index (χ4v) is 16.4. The first-order chi connectivity index (χ1) is 11.4. The first-order valence-corrected chi connectivity index (χ1v) is 14.5. The van der Waals surface area contributed by atoms with Crippen LogP contribution in [0.4, 0.5) is 0 Å². The van der Waals surface area contributed by atoms with E-state index in [9.17, 15) is 0 Å². The van der Waals surface area contributed by atoms with Gasteiger partial charge in [0.1, 0.15) is 0 Å². The average Bonchev–Trinajstić information content (AvgIpc) is 2.65. The van der Waals surface area contributed by atoms with Crippen molar-refractivity contribution in [1.82, 2.24) is 0 Å². The van der Waals surface area contributed by atoms with E-state index in [4.69, 9.17) is 0 Å². The van der Waals surface area contributed by atoms with Crippen molar-refractivity contribution in [2.75, 3.05) is 0 Å². The van der Waals surface area contributed by atoms with E-state index >= 15 is 0 Å². The fraction of sp³-hybridized carbons (Fsp3) is 0.0909. The van der Waals surface area contributed by atoms with Gasteiger partial charge in [-0.2, -0.15) is 0 Å². The molecule has 0 fully saturated rings. The number of hydrogen-bond acceptors (Lipinski definition) is 0. The van der Waals surface area contributed by atoms with E-state index in [1.807, 2.05) is 0 Å². The molecule has 3 aromatic carbocycles. The molecular formula is C22H22Sn. The van der Waals surface area contributed by atoms with Crippen molar-refractivity contribution in [3.63, 3.8) is 0 Å². The van der Waals surface area contributed by atoms with E-state index in [0.29, 0.717) is 0 Å². The molecule has 0 radical (unpaired) electrons. The van der Waals surface area contributed by atoms with Crippen molar-refractivity contribution in [2.45, 2.75) is 11.4 Å². The van der Waals surface area contributed by atoms with Crippen molar-refractivity contribution in [3.8, 4) is 0 Å². The summed E-state index contributed by atoms with van der Waals surface area (Å²) >= 11 is -2.99. The van der Waals surface area contributed by atoms with Gasteiger partial charge in [-0.25, -0.2) is 0 Å². The first kappa shape index (κ1) is 16.1. The summed E-state index contributed by atoms with van der Waals surface area (Å²) in [7, 11) is 0. The standard InChI is InChI=1S/3C6H5.C4H7.Sn/c3*1-2-4-6-5-3-1;1-3-4-2;/h3*1-5H;3-4H,1H2,2H3;/b;;;4-3-;. The second-order valence-electron chi connectivity index (χ2n) is 5.78. The summed E-state index contributed by atoms with van der Waals surface area (Å²) < 4.78 is 5.77. The Kier molecular flexibility index (Phi) is 5.34. The Morgan fingerprint density at radius 1 is 0.609 bits per heavy atom. The Morgan fingerprint density at radius 2 is 0.957 bits per heavy atom. The molecule has 0 atom stereocenters. The van der Waals surface area contributed by atoms with Crippen molar-refractivity contribution >= 4 is 29.1 Å². The fourth-order valence-electron chi connectivity index (χ4n) is 3.32. The zero-order valence-corrected chi connectivity index (χ0v) is 16.4. The molecule has 0 N–H and O–H groups in total. The van der Waals surface area contributed by atoms with Crippen LogP contribution in [-0.2, 0) is 0 Å². The van der Waals surface area contributed by atoms with Crippen LogP contribution in [0.3, 0.4) is 0 Å². The Hall–Kier alpha value is -1.80. The minimum absolute atomic E-state index is 1.16. The Bertz CT molecular complexity index is 649. The van der Waals surface area contributed by atoms with Crippen LogP contribution in [0, 0.1) is 0 Å².